The second-order valence-electron chi connectivity index (χ2n) is 2.38. The first-order valence-electron chi connectivity index (χ1n) is 3.94. The van der Waals surface area contributed by atoms with Gasteiger partial charge >= 0.3 is 6.61 Å². The van der Waals surface area contributed by atoms with Crippen molar-refractivity contribution in [1.29, 1.82) is 0 Å². The normalized spacial score (nSPS) is 9.53. The Morgan fingerprint density at radius 2 is 1.93 bits per heavy atom. The van der Waals surface area contributed by atoms with Crippen molar-refractivity contribution in [2.24, 2.45) is 5.73 Å². The molecule has 0 radical (unpaired) electrons. The first-order valence-corrected chi connectivity index (χ1v) is 4.32. The third kappa shape index (κ3) is 5.49. The number of rotatable bonds is 3. The van der Waals surface area contributed by atoms with E-state index in [-0.39, 0.29) is 12.3 Å². The molecular formula is C9H11ClF3NO. The minimum atomic E-state index is -2.84. The molecule has 6 heteroatoms. The average molecular weight is 242 g/mol. The molecular weight excluding hydrogens is 231 g/mol. The largest absolute Gasteiger partial charge is 0.435 e. The van der Waals surface area contributed by atoms with Gasteiger partial charge in [0.1, 0.15) is 5.75 Å². The number of alkyl halides is 3. The Kier molecular flexibility index (Phi) is 6.90. The van der Waals surface area contributed by atoms with Gasteiger partial charge in [0, 0.05) is 11.6 Å². The minimum Gasteiger partial charge on any atom is -0.435 e. The van der Waals surface area contributed by atoms with Crippen LogP contribution in [0.3, 0.4) is 0 Å². The Morgan fingerprint density at radius 1 is 1.33 bits per heavy atom. The zero-order valence-corrected chi connectivity index (χ0v) is 8.77. The molecule has 0 atom stereocenters. The SMILES string of the molecule is CF.NCc1cc(Cl)cc(OC(F)F)c1. The molecule has 0 unspecified atom stereocenters. The molecule has 0 heterocycles. The van der Waals surface area contributed by atoms with Gasteiger partial charge in [0.05, 0.1) is 7.18 Å². The third-order valence-corrected chi connectivity index (χ3v) is 1.61. The highest BCUT2D eigenvalue weighted by atomic mass is 35.5. The highest BCUT2D eigenvalue weighted by Gasteiger charge is 2.05. The van der Waals surface area contributed by atoms with Crippen LogP contribution in [0.2, 0.25) is 5.02 Å². The van der Waals surface area contributed by atoms with Gasteiger partial charge in [-0.3, -0.25) is 4.39 Å². The number of hydrogen-bond acceptors (Lipinski definition) is 2. The first kappa shape index (κ1) is 14.1. The lowest BCUT2D eigenvalue weighted by Crippen LogP contribution is -2.03. The molecule has 0 spiro atoms. The Labute approximate surface area is 90.8 Å². The fourth-order valence-electron chi connectivity index (χ4n) is 0.909. The summed E-state index contributed by atoms with van der Waals surface area (Å²) >= 11 is 5.63. The predicted molar refractivity (Wildman–Crippen MR) is 53.0 cm³/mol. The molecule has 86 valence electrons. The number of halogens is 4. The molecule has 2 nitrogen and oxygen atoms in total. The molecule has 15 heavy (non-hydrogen) atoms. The quantitative estimate of drug-likeness (QED) is 0.883. The molecule has 0 aliphatic heterocycles. The zero-order chi connectivity index (χ0) is 11.8. The lowest BCUT2D eigenvalue weighted by atomic mass is 10.2. The van der Waals surface area contributed by atoms with Crippen LogP contribution >= 0.6 is 11.6 Å². The summed E-state index contributed by atoms with van der Waals surface area (Å²) in [5.41, 5.74) is 5.97. The van der Waals surface area contributed by atoms with Crippen LogP contribution in [0, 0.1) is 0 Å². The smallest absolute Gasteiger partial charge is 0.387 e. The van der Waals surface area contributed by atoms with E-state index < -0.39 is 6.61 Å². The molecule has 1 aromatic rings. The Bertz CT molecular complexity index is 297. The van der Waals surface area contributed by atoms with Crippen molar-refractivity contribution in [2.75, 3.05) is 7.18 Å². The lowest BCUT2D eigenvalue weighted by molar-refractivity contribution is -0.0498. The Hall–Kier alpha value is -0.940. The average Bonchev–Trinajstić information content (AvgIpc) is 2.18. The molecule has 1 rings (SSSR count). The van der Waals surface area contributed by atoms with Crippen molar-refractivity contribution in [3.63, 3.8) is 0 Å². The van der Waals surface area contributed by atoms with E-state index in [9.17, 15) is 13.2 Å². The van der Waals surface area contributed by atoms with Crippen LogP contribution in [0.15, 0.2) is 18.2 Å². The summed E-state index contributed by atoms with van der Waals surface area (Å²) in [7, 11) is 0.500. The summed E-state index contributed by atoms with van der Waals surface area (Å²) in [4.78, 5) is 0. The molecule has 0 saturated heterocycles. The van der Waals surface area contributed by atoms with Crippen LogP contribution in [0.25, 0.3) is 0 Å². The number of ether oxygens (including phenoxy) is 1. The van der Waals surface area contributed by atoms with Crippen molar-refractivity contribution in [1.82, 2.24) is 0 Å². The van der Waals surface area contributed by atoms with E-state index in [2.05, 4.69) is 4.74 Å². The topological polar surface area (TPSA) is 35.2 Å². The van der Waals surface area contributed by atoms with Crippen LogP contribution in [-0.4, -0.2) is 13.8 Å². The van der Waals surface area contributed by atoms with E-state index in [0.29, 0.717) is 17.8 Å². The van der Waals surface area contributed by atoms with Crippen molar-refractivity contribution in [3.8, 4) is 5.75 Å². The van der Waals surface area contributed by atoms with Crippen LogP contribution in [0.5, 0.6) is 5.75 Å². The van der Waals surface area contributed by atoms with Gasteiger partial charge < -0.3 is 10.5 Å². The van der Waals surface area contributed by atoms with E-state index in [1.54, 1.807) is 6.07 Å². The molecule has 0 fully saturated rings. The van der Waals surface area contributed by atoms with Gasteiger partial charge in [0.25, 0.3) is 0 Å². The Morgan fingerprint density at radius 3 is 2.40 bits per heavy atom. The Balaban J connectivity index is 0.000000921. The van der Waals surface area contributed by atoms with Gasteiger partial charge in [-0.2, -0.15) is 8.78 Å². The standard InChI is InChI=1S/C8H8ClF2NO.CH3F/c9-6-1-5(4-12)2-7(3-6)13-8(10)11;1-2/h1-3,8H,4,12H2;1H3. The van der Waals surface area contributed by atoms with Crippen molar-refractivity contribution in [2.45, 2.75) is 13.2 Å². The van der Waals surface area contributed by atoms with Crippen molar-refractivity contribution in [3.05, 3.63) is 28.8 Å². The number of nitrogens with two attached hydrogens (primary N) is 1. The van der Waals surface area contributed by atoms with Crippen LogP contribution in [0.4, 0.5) is 13.2 Å². The number of hydrogen-bond donors (Lipinski definition) is 1. The van der Waals surface area contributed by atoms with Gasteiger partial charge in [0.15, 0.2) is 0 Å². The molecule has 2 N–H and O–H groups in total. The fraction of sp³-hybridized carbons (Fsp3) is 0.333. The maximum absolute atomic E-state index is 11.8. The summed E-state index contributed by atoms with van der Waals surface area (Å²) in [6, 6.07) is 4.34. The molecule has 0 saturated carbocycles. The monoisotopic (exact) mass is 241 g/mol. The second-order valence-corrected chi connectivity index (χ2v) is 2.81. The minimum absolute atomic E-state index is 0.0305. The molecule has 1 aromatic carbocycles. The highest BCUT2D eigenvalue weighted by molar-refractivity contribution is 6.30. The fourth-order valence-corrected chi connectivity index (χ4v) is 1.16. The van der Waals surface area contributed by atoms with E-state index in [4.69, 9.17) is 17.3 Å². The van der Waals surface area contributed by atoms with Gasteiger partial charge in [-0.25, -0.2) is 0 Å². The van der Waals surface area contributed by atoms with Gasteiger partial charge in [-0.05, 0) is 23.8 Å². The van der Waals surface area contributed by atoms with Crippen molar-refractivity contribution >= 4 is 11.6 Å². The van der Waals surface area contributed by atoms with Crippen LogP contribution < -0.4 is 10.5 Å². The van der Waals surface area contributed by atoms with Gasteiger partial charge in [-0.1, -0.05) is 11.6 Å². The van der Waals surface area contributed by atoms with Crippen molar-refractivity contribution < 1.29 is 17.9 Å². The maximum atomic E-state index is 11.8. The summed E-state index contributed by atoms with van der Waals surface area (Å²) in [6.07, 6.45) is 0. The van der Waals surface area contributed by atoms with E-state index in [1.807, 2.05) is 0 Å². The maximum Gasteiger partial charge on any atom is 0.387 e. The third-order valence-electron chi connectivity index (χ3n) is 1.39. The van der Waals surface area contributed by atoms with E-state index in [0.717, 1.165) is 0 Å². The highest BCUT2D eigenvalue weighted by Crippen LogP contribution is 2.22. The zero-order valence-electron chi connectivity index (χ0n) is 8.01. The van der Waals surface area contributed by atoms with E-state index in [1.165, 1.54) is 12.1 Å². The summed E-state index contributed by atoms with van der Waals surface area (Å²) < 4.78 is 37.2. The van der Waals surface area contributed by atoms with Gasteiger partial charge in [-0.15, -0.1) is 0 Å². The summed E-state index contributed by atoms with van der Waals surface area (Å²) in [6.45, 7) is -2.61. The lowest BCUT2D eigenvalue weighted by Gasteiger charge is -2.06. The molecule has 0 bridgehead atoms. The van der Waals surface area contributed by atoms with Crippen LogP contribution in [0.1, 0.15) is 5.56 Å². The number of benzene rings is 1. The predicted octanol–water partition coefficient (Wildman–Crippen LogP) is 2.99. The van der Waals surface area contributed by atoms with Gasteiger partial charge in [0.2, 0.25) is 0 Å². The van der Waals surface area contributed by atoms with E-state index >= 15 is 0 Å². The molecule has 0 aliphatic carbocycles. The molecule has 0 aromatic heterocycles. The van der Waals surface area contributed by atoms with Crippen LogP contribution in [-0.2, 0) is 6.54 Å². The summed E-state index contributed by atoms with van der Waals surface area (Å²) in [5.74, 6) is 0.0305. The first-order chi connectivity index (χ1) is 7.11. The second kappa shape index (κ2) is 7.36. The summed E-state index contributed by atoms with van der Waals surface area (Å²) in [5, 5.41) is 0.332. The molecule has 0 amide bonds. The molecule has 0 aliphatic rings.